The number of furan rings is 1. The second kappa shape index (κ2) is 5.57. The van der Waals surface area contributed by atoms with Crippen molar-refractivity contribution in [2.45, 2.75) is 40.2 Å². The molecule has 0 saturated carbocycles. The molecule has 0 radical (unpaired) electrons. The Balaban J connectivity index is 2.23. The molecule has 2 nitrogen and oxygen atoms in total. The molecule has 0 aliphatic rings. The molecule has 0 aliphatic carbocycles. The van der Waals surface area contributed by atoms with Gasteiger partial charge in [0.05, 0.1) is 6.26 Å². The fourth-order valence-corrected chi connectivity index (χ4v) is 2.22. The predicted molar refractivity (Wildman–Crippen MR) is 76.8 cm³/mol. The van der Waals surface area contributed by atoms with Gasteiger partial charge in [0.15, 0.2) is 0 Å². The second-order valence-corrected chi connectivity index (χ2v) is 5.66. The maximum absolute atomic E-state index is 5.76. The van der Waals surface area contributed by atoms with Gasteiger partial charge in [-0.2, -0.15) is 0 Å². The maximum atomic E-state index is 5.76. The highest BCUT2D eigenvalue weighted by atomic mass is 16.3. The maximum Gasteiger partial charge on any atom is 0.137 e. The average Bonchev–Trinajstić information content (AvgIpc) is 2.72. The fraction of sp³-hybridized carbons (Fsp3) is 0.500. The van der Waals surface area contributed by atoms with E-state index in [0.29, 0.717) is 11.8 Å². The summed E-state index contributed by atoms with van der Waals surface area (Å²) in [6, 6.07) is 6.43. The van der Waals surface area contributed by atoms with Crippen LogP contribution in [-0.2, 0) is 6.54 Å². The monoisotopic (exact) mass is 245 g/mol. The first-order valence-corrected chi connectivity index (χ1v) is 6.79. The first kappa shape index (κ1) is 13.2. The van der Waals surface area contributed by atoms with Crippen molar-refractivity contribution in [3.05, 3.63) is 35.6 Å². The molecule has 0 spiro atoms. The summed E-state index contributed by atoms with van der Waals surface area (Å²) < 4.78 is 5.76. The average molecular weight is 245 g/mol. The molecule has 0 bridgehead atoms. The van der Waals surface area contributed by atoms with Gasteiger partial charge in [-0.05, 0) is 23.9 Å². The van der Waals surface area contributed by atoms with E-state index >= 15 is 0 Å². The summed E-state index contributed by atoms with van der Waals surface area (Å²) in [5, 5.41) is 4.72. The normalized spacial score (nSPS) is 11.9. The molecular formula is C16H23NO. The van der Waals surface area contributed by atoms with Crippen LogP contribution in [0.2, 0.25) is 0 Å². The topological polar surface area (TPSA) is 25.2 Å². The predicted octanol–water partition coefficient (Wildman–Crippen LogP) is 4.30. The zero-order valence-electron chi connectivity index (χ0n) is 11.8. The van der Waals surface area contributed by atoms with Gasteiger partial charge in [0.1, 0.15) is 5.58 Å². The van der Waals surface area contributed by atoms with Crippen LogP contribution < -0.4 is 5.32 Å². The Morgan fingerprint density at radius 3 is 2.61 bits per heavy atom. The van der Waals surface area contributed by atoms with Crippen molar-refractivity contribution in [3.63, 3.8) is 0 Å². The van der Waals surface area contributed by atoms with Gasteiger partial charge in [-0.3, -0.25) is 0 Å². The first-order valence-electron chi connectivity index (χ1n) is 6.79. The van der Waals surface area contributed by atoms with Gasteiger partial charge in [0.2, 0.25) is 0 Å². The minimum Gasteiger partial charge on any atom is -0.464 e. The van der Waals surface area contributed by atoms with Gasteiger partial charge in [0.25, 0.3) is 0 Å². The Hall–Kier alpha value is -1.28. The molecule has 0 saturated heterocycles. The van der Waals surface area contributed by atoms with E-state index in [0.717, 1.165) is 18.7 Å². The number of para-hydroxylation sites is 1. The van der Waals surface area contributed by atoms with Crippen LogP contribution in [0.3, 0.4) is 0 Å². The van der Waals surface area contributed by atoms with Crippen molar-refractivity contribution in [1.29, 1.82) is 0 Å². The van der Waals surface area contributed by atoms with Crippen LogP contribution in [0, 0.1) is 5.92 Å². The molecule has 18 heavy (non-hydrogen) atoms. The van der Waals surface area contributed by atoms with E-state index in [1.165, 1.54) is 16.5 Å². The minimum absolute atomic E-state index is 0.497. The number of rotatable bonds is 5. The fourth-order valence-electron chi connectivity index (χ4n) is 2.22. The largest absolute Gasteiger partial charge is 0.464 e. The molecule has 0 unspecified atom stereocenters. The van der Waals surface area contributed by atoms with E-state index in [2.05, 4.69) is 51.2 Å². The zero-order valence-corrected chi connectivity index (χ0v) is 11.8. The summed E-state index contributed by atoms with van der Waals surface area (Å²) in [4.78, 5) is 0. The van der Waals surface area contributed by atoms with Crippen LogP contribution in [0.1, 0.15) is 44.7 Å². The van der Waals surface area contributed by atoms with Gasteiger partial charge in [-0.15, -0.1) is 0 Å². The van der Waals surface area contributed by atoms with Crippen LogP contribution in [0.15, 0.2) is 28.9 Å². The minimum atomic E-state index is 0.497. The Morgan fingerprint density at radius 1 is 1.17 bits per heavy atom. The van der Waals surface area contributed by atoms with Crippen LogP contribution in [0.25, 0.3) is 11.0 Å². The summed E-state index contributed by atoms with van der Waals surface area (Å²) >= 11 is 0. The summed E-state index contributed by atoms with van der Waals surface area (Å²) in [6.07, 6.45) is 1.89. The number of hydrogen-bond acceptors (Lipinski definition) is 2. The van der Waals surface area contributed by atoms with Crippen molar-refractivity contribution >= 4 is 11.0 Å². The molecule has 1 aromatic heterocycles. The van der Waals surface area contributed by atoms with E-state index in [-0.39, 0.29) is 0 Å². The summed E-state index contributed by atoms with van der Waals surface area (Å²) in [5.41, 5.74) is 3.60. The van der Waals surface area contributed by atoms with E-state index in [1.807, 2.05) is 6.26 Å². The van der Waals surface area contributed by atoms with Gasteiger partial charge >= 0.3 is 0 Å². The highest BCUT2D eigenvalue weighted by molar-refractivity contribution is 5.84. The standard InChI is InChI=1S/C16H23NO/c1-11(2)8-17-9-13-10-18-16-14(12(3)4)6-5-7-15(13)16/h5-7,10-12,17H,8-9H2,1-4H3. The Morgan fingerprint density at radius 2 is 1.94 bits per heavy atom. The Kier molecular flexibility index (Phi) is 4.07. The Labute approximate surface area is 109 Å². The molecule has 0 fully saturated rings. The van der Waals surface area contributed by atoms with Crippen molar-refractivity contribution < 1.29 is 4.42 Å². The third-order valence-corrected chi connectivity index (χ3v) is 3.20. The number of fused-ring (bicyclic) bond motifs is 1. The molecule has 2 heteroatoms. The molecule has 2 rings (SSSR count). The van der Waals surface area contributed by atoms with Gasteiger partial charge in [-0.1, -0.05) is 45.9 Å². The van der Waals surface area contributed by atoms with Crippen molar-refractivity contribution in [1.82, 2.24) is 5.32 Å². The summed E-state index contributed by atoms with van der Waals surface area (Å²) in [6.45, 7) is 10.8. The summed E-state index contributed by atoms with van der Waals surface area (Å²) in [7, 11) is 0. The van der Waals surface area contributed by atoms with Gasteiger partial charge in [-0.25, -0.2) is 0 Å². The molecule has 2 aromatic rings. The lowest BCUT2D eigenvalue weighted by Crippen LogP contribution is -2.18. The molecular weight excluding hydrogens is 222 g/mol. The summed E-state index contributed by atoms with van der Waals surface area (Å²) in [5.74, 6) is 1.17. The second-order valence-electron chi connectivity index (χ2n) is 5.66. The van der Waals surface area contributed by atoms with E-state index in [1.54, 1.807) is 0 Å². The third kappa shape index (κ3) is 2.75. The molecule has 98 valence electrons. The van der Waals surface area contributed by atoms with Crippen LogP contribution in [-0.4, -0.2) is 6.54 Å². The smallest absolute Gasteiger partial charge is 0.137 e. The highest BCUT2D eigenvalue weighted by Gasteiger charge is 2.11. The molecule has 0 amide bonds. The van der Waals surface area contributed by atoms with Gasteiger partial charge in [0, 0.05) is 17.5 Å². The number of nitrogens with one attached hydrogen (secondary N) is 1. The molecule has 0 aliphatic heterocycles. The van der Waals surface area contributed by atoms with Crippen molar-refractivity contribution in [2.75, 3.05) is 6.54 Å². The lowest BCUT2D eigenvalue weighted by atomic mass is 10.00. The SMILES string of the molecule is CC(C)CNCc1coc2c(C(C)C)cccc12. The molecule has 1 heterocycles. The van der Waals surface area contributed by atoms with Crippen LogP contribution >= 0.6 is 0 Å². The zero-order chi connectivity index (χ0) is 13.1. The van der Waals surface area contributed by atoms with E-state index in [9.17, 15) is 0 Å². The molecule has 1 aromatic carbocycles. The Bertz CT molecular complexity index is 511. The van der Waals surface area contributed by atoms with E-state index in [4.69, 9.17) is 4.42 Å². The van der Waals surface area contributed by atoms with Crippen LogP contribution in [0.4, 0.5) is 0 Å². The first-order chi connectivity index (χ1) is 8.59. The highest BCUT2D eigenvalue weighted by Crippen LogP contribution is 2.28. The van der Waals surface area contributed by atoms with Crippen molar-refractivity contribution in [3.8, 4) is 0 Å². The van der Waals surface area contributed by atoms with Crippen LogP contribution in [0.5, 0.6) is 0 Å². The third-order valence-electron chi connectivity index (χ3n) is 3.20. The molecule has 0 atom stereocenters. The number of hydrogen-bond donors (Lipinski definition) is 1. The van der Waals surface area contributed by atoms with Gasteiger partial charge < -0.3 is 9.73 Å². The van der Waals surface area contributed by atoms with E-state index < -0.39 is 0 Å². The lowest BCUT2D eigenvalue weighted by Gasteiger charge is -2.07. The lowest BCUT2D eigenvalue weighted by molar-refractivity contribution is 0.546. The quantitative estimate of drug-likeness (QED) is 0.849. The van der Waals surface area contributed by atoms with Crippen molar-refractivity contribution in [2.24, 2.45) is 5.92 Å². The number of benzene rings is 1. The molecule has 1 N–H and O–H groups in total.